The highest BCUT2D eigenvalue weighted by atomic mass is 16.2. The first kappa shape index (κ1) is 14.9. The predicted octanol–water partition coefficient (Wildman–Crippen LogP) is 0.550. The van der Waals surface area contributed by atoms with E-state index in [0.717, 1.165) is 25.9 Å². The van der Waals surface area contributed by atoms with Crippen molar-refractivity contribution in [2.75, 3.05) is 26.2 Å². The van der Waals surface area contributed by atoms with Gasteiger partial charge in [-0.15, -0.1) is 5.10 Å². The number of aromatic nitrogens is 4. The van der Waals surface area contributed by atoms with Crippen LogP contribution in [0.25, 0.3) is 0 Å². The van der Waals surface area contributed by atoms with Crippen molar-refractivity contribution in [2.24, 2.45) is 7.05 Å². The van der Waals surface area contributed by atoms with Crippen LogP contribution in [-0.2, 0) is 7.05 Å². The number of rotatable bonds is 3. The van der Waals surface area contributed by atoms with E-state index in [2.05, 4.69) is 10.3 Å². The summed E-state index contributed by atoms with van der Waals surface area (Å²) in [5.41, 5.74) is 1.07. The Bertz CT molecular complexity index is 767. The molecule has 0 atom stereocenters. The zero-order chi connectivity index (χ0) is 16.7. The summed E-state index contributed by atoms with van der Waals surface area (Å²) in [7, 11) is 1.86. The molecule has 4 heterocycles. The Hall–Kier alpha value is -2.64. The SMILES string of the molecule is Cn1cccc1C(=O)N1CC(n2cc(C(=O)N3CCCC3)nn2)C1. The van der Waals surface area contributed by atoms with Crippen molar-refractivity contribution in [1.29, 1.82) is 0 Å². The van der Waals surface area contributed by atoms with Crippen LogP contribution in [0.1, 0.15) is 39.9 Å². The lowest BCUT2D eigenvalue weighted by atomic mass is 10.1. The highest BCUT2D eigenvalue weighted by Gasteiger charge is 2.34. The van der Waals surface area contributed by atoms with Gasteiger partial charge in [-0.2, -0.15) is 0 Å². The van der Waals surface area contributed by atoms with Gasteiger partial charge in [0, 0.05) is 39.4 Å². The zero-order valence-corrected chi connectivity index (χ0v) is 13.6. The van der Waals surface area contributed by atoms with Gasteiger partial charge >= 0.3 is 0 Å². The fraction of sp³-hybridized carbons (Fsp3) is 0.500. The molecule has 2 aliphatic heterocycles. The maximum atomic E-state index is 12.4. The van der Waals surface area contributed by atoms with E-state index in [1.807, 2.05) is 34.8 Å². The van der Waals surface area contributed by atoms with Crippen molar-refractivity contribution < 1.29 is 9.59 Å². The van der Waals surface area contributed by atoms with Gasteiger partial charge in [0.1, 0.15) is 5.69 Å². The molecule has 0 spiro atoms. The van der Waals surface area contributed by atoms with Gasteiger partial charge in [-0.25, -0.2) is 4.68 Å². The first-order valence-corrected chi connectivity index (χ1v) is 8.25. The number of carbonyl (C=O) groups excluding carboxylic acids is 2. The van der Waals surface area contributed by atoms with Crippen LogP contribution in [0.4, 0.5) is 0 Å². The largest absolute Gasteiger partial charge is 0.347 e. The maximum Gasteiger partial charge on any atom is 0.276 e. The monoisotopic (exact) mass is 328 g/mol. The summed E-state index contributed by atoms with van der Waals surface area (Å²) < 4.78 is 3.52. The van der Waals surface area contributed by atoms with E-state index in [1.54, 1.807) is 15.8 Å². The molecule has 0 bridgehead atoms. The van der Waals surface area contributed by atoms with Crippen molar-refractivity contribution in [2.45, 2.75) is 18.9 Å². The van der Waals surface area contributed by atoms with Crippen LogP contribution in [0.5, 0.6) is 0 Å². The Morgan fingerprint density at radius 1 is 1.12 bits per heavy atom. The molecule has 2 saturated heterocycles. The van der Waals surface area contributed by atoms with Gasteiger partial charge in [-0.05, 0) is 25.0 Å². The summed E-state index contributed by atoms with van der Waals surface area (Å²) in [5.74, 6) is -0.0259. The lowest BCUT2D eigenvalue weighted by Crippen LogP contribution is -2.51. The Morgan fingerprint density at radius 2 is 1.88 bits per heavy atom. The van der Waals surface area contributed by atoms with E-state index in [-0.39, 0.29) is 17.9 Å². The molecule has 0 saturated carbocycles. The highest BCUT2D eigenvalue weighted by Crippen LogP contribution is 2.23. The lowest BCUT2D eigenvalue weighted by Gasteiger charge is -2.38. The Balaban J connectivity index is 1.38. The van der Waals surface area contributed by atoms with Crippen LogP contribution < -0.4 is 0 Å². The molecule has 2 amide bonds. The standard InChI is InChI=1S/C16H20N6O2/c1-19-6-4-5-14(19)16(24)21-9-12(10-21)22-11-13(17-18-22)15(23)20-7-2-3-8-20/h4-6,11-12H,2-3,7-10H2,1H3. The summed E-state index contributed by atoms with van der Waals surface area (Å²) >= 11 is 0. The van der Waals surface area contributed by atoms with E-state index in [0.29, 0.717) is 24.5 Å². The summed E-state index contributed by atoms with van der Waals surface area (Å²) in [6.07, 6.45) is 5.67. The molecule has 2 aromatic rings. The van der Waals surface area contributed by atoms with Gasteiger partial charge in [0.25, 0.3) is 11.8 Å². The van der Waals surface area contributed by atoms with Gasteiger partial charge in [-0.3, -0.25) is 9.59 Å². The van der Waals surface area contributed by atoms with Crippen molar-refractivity contribution in [1.82, 2.24) is 29.4 Å². The van der Waals surface area contributed by atoms with Crippen LogP contribution in [0, 0.1) is 0 Å². The topological polar surface area (TPSA) is 76.3 Å². The Kier molecular flexibility index (Phi) is 3.59. The zero-order valence-electron chi connectivity index (χ0n) is 13.6. The molecule has 126 valence electrons. The molecule has 2 aromatic heterocycles. The smallest absolute Gasteiger partial charge is 0.276 e. The van der Waals surface area contributed by atoms with E-state index in [4.69, 9.17) is 0 Å². The first-order valence-electron chi connectivity index (χ1n) is 8.25. The minimum atomic E-state index is -0.0465. The molecule has 8 heteroatoms. The quantitative estimate of drug-likeness (QED) is 0.824. The number of carbonyl (C=O) groups is 2. The average molecular weight is 328 g/mol. The summed E-state index contributed by atoms with van der Waals surface area (Å²) in [6.45, 7) is 2.78. The number of hydrogen-bond donors (Lipinski definition) is 0. The second-order valence-electron chi connectivity index (χ2n) is 6.45. The van der Waals surface area contributed by atoms with Gasteiger partial charge in [0.2, 0.25) is 0 Å². The van der Waals surface area contributed by atoms with Crippen LogP contribution in [0.15, 0.2) is 24.5 Å². The fourth-order valence-corrected chi connectivity index (χ4v) is 3.27. The third-order valence-corrected chi connectivity index (χ3v) is 4.81. The molecular formula is C16H20N6O2. The Labute approximate surface area is 139 Å². The van der Waals surface area contributed by atoms with Gasteiger partial charge in [0.05, 0.1) is 12.2 Å². The number of likely N-dealkylation sites (tertiary alicyclic amines) is 2. The molecule has 4 rings (SSSR count). The Morgan fingerprint density at radius 3 is 2.54 bits per heavy atom. The molecule has 8 nitrogen and oxygen atoms in total. The number of aryl methyl sites for hydroxylation is 1. The van der Waals surface area contributed by atoms with Crippen LogP contribution >= 0.6 is 0 Å². The lowest BCUT2D eigenvalue weighted by molar-refractivity contribution is 0.0488. The molecular weight excluding hydrogens is 308 g/mol. The summed E-state index contributed by atoms with van der Waals surface area (Å²) in [5, 5.41) is 8.09. The number of nitrogens with zero attached hydrogens (tertiary/aromatic N) is 6. The van der Waals surface area contributed by atoms with Crippen molar-refractivity contribution in [3.63, 3.8) is 0 Å². The third-order valence-electron chi connectivity index (χ3n) is 4.81. The summed E-state index contributed by atoms with van der Waals surface area (Å²) in [6, 6.07) is 3.76. The minimum Gasteiger partial charge on any atom is -0.347 e. The second-order valence-corrected chi connectivity index (χ2v) is 6.45. The fourth-order valence-electron chi connectivity index (χ4n) is 3.27. The molecule has 0 radical (unpaired) electrons. The van der Waals surface area contributed by atoms with Crippen molar-refractivity contribution >= 4 is 11.8 Å². The first-order chi connectivity index (χ1) is 11.6. The number of hydrogen-bond acceptors (Lipinski definition) is 4. The molecule has 24 heavy (non-hydrogen) atoms. The van der Waals surface area contributed by atoms with E-state index in [9.17, 15) is 9.59 Å². The predicted molar refractivity (Wildman–Crippen MR) is 85.5 cm³/mol. The molecule has 2 fully saturated rings. The molecule has 0 unspecified atom stereocenters. The molecule has 2 aliphatic rings. The van der Waals surface area contributed by atoms with Gasteiger partial charge in [0.15, 0.2) is 5.69 Å². The second kappa shape index (κ2) is 5.77. The van der Waals surface area contributed by atoms with Gasteiger partial charge < -0.3 is 14.4 Å². The maximum absolute atomic E-state index is 12.4. The van der Waals surface area contributed by atoms with Gasteiger partial charge in [-0.1, -0.05) is 5.21 Å². The van der Waals surface area contributed by atoms with E-state index in [1.165, 1.54) is 0 Å². The van der Waals surface area contributed by atoms with Crippen LogP contribution in [0.2, 0.25) is 0 Å². The average Bonchev–Trinajstić information content (AvgIpc) is 3.26. The van der Waals surface area contributed by atoms with Crippen LogP contribution in [-0.4, -0.2) is 67.4 Å². The number of amides is 2. The van der Waals surface area contributed by atoms with E-state index < -0.39 is 0 Å². The molecule has 0 N–H and O–H groups in total. The van der Waals surface area contributed by atoms with Crippen molar-refractivity contribution in [3.8, 4) is 0 Å². The van der Waals surface area contributed by atoms with Crippen molar-refractivity contribution in [3.05, 3.63) is 35.9 Å². The third kappa shape index (κ3) is 2.47. The summed E-state index contributed by atoms with van der Waals surface area (Å²) in [4.78, 5) is 28.3. The molecule has 0 aromatic carbocycles. The van der Waals surface area contributed by atoms with Crippen LogP contribution in [0.3, 0.4) is 0 Å². The highest BCUT2D eigenvalue weighted by molar-refractivity contribution is 5.93. The molecule has 0 aliphatic carbocycles. The van der Waals surface area contributed by atoms with E-state index >= 15 is 0 Å². The minimum absolute atomic E-state index is 0.0206. The normalized spacial score (nSPS) is 18.0.